The highest BCUT2D eigenvalue weighted by atomic mass is 32.1. The molecule has 6 heteroatoms. The Labute approximate surface area is 127 Å². The van der Waals surface area contributed by atoms with Gasteiger partial charge in [-0.3, -0.25) is 4.79 Å². The first-order chi connectivity index (χ1) is 10.6. The Kier molecular flexibility index (Phi) is 2.74. The van der Waals surface area contributed by atoms with Crippen molar-refractivity contribution in [1.29, 1.82) is 0 Å². The smallest absolute Gasteiger partial charge is 0.252 e. The van der Waals surface area contributed by atoms with Gasteiger partial charge in [0.05, 0.1) is 15.9 Å². The van der Waals surface area contributed by atoms with Crippen molar-refractivity contribution in [3.63, 3.8) is 0 Å². The summed E-state index contributed by atoms with van der Waals surface area (Å²) in [6.07, 6.45) is 0. The van der Waals surface area contributed by atoms with Crippen molar-refractivity contribution >= 4 is 31.8 Å². The van der Waals surface area contributed by atoms with Crippen molar-refractivity contribution in [2.45, 2.75) is 0 Å². The first kappa shape index (κ1) is 13.0. The van der Waals surface area contributed by atoms with E-state index in [0.717, 1.165) is 11.5 Å². The van der Waals surface area contributed by atoms with Gasteiger partial charge < -0.3 is 10.1 Å². The van der Waals surface area contributed by atoms with E-state index in [9.17, 15) is 14.3 Å². The molecule has 0 radical (unpaired) electrons. The summed E-state index contributed by atoms with van der Waals surface area (Å²) >= 11 is 1.26. The van der Waals surface area contributed by atoms with Crippen molar-refractivity contribution in [2.75, 3.05) is 0 Å². The van der Waals surface area contributed by atoms with E-state index in [4.69, 9.17) is 0 Å². The molecule has 1 aromatic carbocycles. The summed E-state index contributed by atoms with van der Waals surface area (Å²) in [4.78, 5) is 19.3. The zero-order valence-corrected chi connectivity index (χ0v) is 11.9. The van der Waals surface area contributed by atoms with E-state index in [1.165, 1.54) is 17.4 Å². The average Bonchev–Trinajstić information content (AvgIpc) is 2.86. The summed E-state index contributed by atoms with van der Waals surface area (Å²) in [7, 11) is 0. The number of halogens is 1. The fourth-order valence-corrected chi connectivity index (χ4v) is 3.49. The highest BCUT2D eigenvalue weighted by Crippen LogP contribution is 2.36. The van der Waals surface area contributed by atoms with E-state index in [2.05, 4.69) is 9.97 Å². The number of pyridine rings is 2. The Morgan fingerprint density at radius 3 is 2.82 bits per heavy atom. The largest absolute Gasteiger partial charge is 0.506 e. The standard InChI is InChI=1S/C16H9FN2O2S/c17-10-4-2-1-3-8(10)11-6-5-9-14-15(22-16(9)18-11)12(20)7-13(21)19-14/h1-7H,(H2,19,20,21). The average molecular weight is 312 g/mol. The van der Waals surface area contributed by atoms with Crippen molar-refractivity contribution < 1.29 is 9.50 Å². The minimum atomic E-state index is -0.372. The zero-order chi connectivity index (χ0) is 15.3. The molecule has 0 aliphatic rings. The molecule has 0 bridgehead atoms. The maximum Gasteiger partial charge on any atom is 0.252 e. The van der Waals surface area contributed by atoms with Crippen molar-refractivity contribution in [3.8, 4) is 17.0 Å². The van der Waals surface area contributed by atoms with Crippen LogP contribution in [0.4, 0.5) is 4.39 Å². The van der Waals surface area contributed by atoms with Gasteiger partial charge in [0.15, 0.2) is 0 Å². The third-order valence-electron chi connectivity index (χ3n) is 3.45. The third-order valence-corrected chi connectivity index (χ3v) is 4.58. The topological polar surface area (TPSA) is 66.0 Å². The molecular weight excluding hydrogens is 303 g/mol. The van der Waals surface area contributed by atoms with Crippen LogP contribution in [-0.2, 0) is 0 Å². The molecule has 4 aromatic rings. The highest BCUT2D eigenvalue weighted by molar-refractivity contribution is 7.25. The van der Waals surface area contributed by atoms with Crippen molar-refractivity contribution in [2.24, 2.45) is 0 Å². The number of nitrogens with zero attached hydrogens (tertiary/aromatic N) is 1. The lowest BCUT2D eigenvalue weighted by Crippen LogP contribution is -2.01. The number of rotatable bonds is 1. The molecule has 0 unspecified atom stereocenters. The van der Waals surface area contributed by atoms with Crippen LogP contribution in [0.3, 0.4) is 0 Å². The molecule has 0 amide bonds. The quantitative estimate of drug-likeness (QED) is 0.564. The molecule has 3 heterocycles. The van der Waals surface area contributed by atoms with E-state index < -0.39 is 0 Å². The molecule has 0 spiro atoms. The summed E-state index contributed by atoms with van der Waals surface area (Å²) < 4.78 is 14.4. The number of aromatic hydroxyl groups is 1. The summed E-state index contributed by atoms with van der Waals surface area (Å²) in [5, 5.41) is 10.6. The zero-order valence-electron chi connectivity index (χ0n) is 11.1. The molecule has 0 aliphatic carbocycles. The summed E-state index contributed by atoms with van der Waals surface area (Å²) in [5.74, 6) is -0.416. The van der Waals surface area contributed by atoms with Crippen LogP contribution in [0.1, 0.15) is 0 Å². The van der Waals surface area contributed by atoms with Crippen LogP contribution in [0.15, 0.2) is 47.3 Å². The molecule has 22 heavy (non-hydrogen) atoms. The molecule has 3 aromatic heterocycles. The summed E-state index contributed by atoms with van der Waals surface area (Å²) in [6.45, 7) is 0. The van der Waals surface area contributed by atoms with Crippen LogP contribution in [-0.4, -0.2) is 15.1 Å². The minimum absolute atomic E-state index is 0.0748. The predicted octanol–water partition coefficient (Wildman–Crippen LogP) is 3.65. The SMILES string of the molecule is O=c1cc(O)c2sc3nc(-c4ccccc4F)ccc3c2[nH]1. The molecule has 0 atom stereocenters. The van der Waals surface area contributed by atoms with E-state index in [1.54, 1.807) is 30.3 Å². The van der Waals surface area contributed by atoms with Crippen LogP contribution in [0, 0.1) is 5.82 Å². The van der Waals surface area contributed by atoms with Gasteiger partial charge >= 0.3 is 0 Å². The lowest BCUT2D eigenvalue weighted by molar-refractivity contribution is 0.481. The first-order valence-electron chi connectivity index (χ1n) is 6.54. The minimum Gasteiger partial charge on any atom is -0.506 e. The molecule has 4 rings (SSSR count). The van der Waals surface area contributed by atoms with Gasteiger partial charge in [0.1, 0.15) is 16.4 Å². The van der Waals surface area contributed by atoms with Crippen LogP contribution < -0.4 is 5.56 Å². The van der Waals surface area contributed by atoms with Crippen molar-refractivity contribution in [3.05, 3.63) is 58.6 Å². The van der Waals surface area contributed by atoms with E-state index in [0.29, 0.717) is 26.3 Å². The van der Waals surface area contributed by atoms with Crippen LogP contribution in [0.2, 0.25) is 0 Å². The molecule has 4 nitrogen and oxygen atoms in total. The summed E-state index contributed by atoms with van der Waals surface area (Å²) in [5.41, 5.74) is 1.11. The van der Waals surface area contributed by atoms with Gasteiger partial charge in [-0.05, 0) is 24.3 Å². The predicted molar refractivity (Wildman–Crippen MR) is 84.8 cm³/mol. The number of thiophene rings is 1. The number of aromatic amines is 1. The first-order valence-corrected chi connectivity index (χ1v) is 7.35. The summed E-state index contributed by atoms with van der Waals surface area (Å²) in [6, 6.07) is 11.0. The number of hydrogen-bond donors (Lipinski definition) is 2. The van der Waals surface area contributed by atoms with Crippen LogP contribution in [0.5, 0.6) is 5.75 Å². The van der Waals surface area contributed by atoms with E-state index >= 15 is 0 Å². The van der Waals surface area contributed by atoms with Gasteiger partial charge in [-0.1, -0.05) is 12.1 Å². The number of H-pyrrole nitrogens is 1. The van der Waals surface area contributed by atoms with Gasteiger partial charge in [0.2, 0.25) is 0 Å². The number of aromatic nitrogens is 2. The van der Waals surface area contributed by atoms with Gasteiger partial charge in [-0.2, -0.15) is 0 Å². The molecular formula is C16H9FN2O2S. The number of benzene rings is 1. The molecule has 2 N–H and O–H groups in total. The molecule has 0 saturated heterocycles. The van der Waals surface area contributed by atoms with E-state index in [-0.39, 0.29) is 17.1 Å². The molecule has 0 fully saturated rings. The lowest BCUT2D eigenvalue weighted by atomic mass is 10.1. The Balaban J connectivity index is 2.03. The number of nitrogens with one attached hydrogen (secondary N) is 1. The van der Waals surface area contributed by atoms with Gasteiger partial charge in [0.25, 0.3) is 5.56 Å². The highest BCUT2D eigenvalue weighted by Gasteiger charge is 2.13. The monoisotopic (exact) mass is 312 g/mol. The third kappa shape index (κ3) is 1.88. The Bertz CT molecular complexity index is 1080. The second kappa shape index (κ2) is 4.64. The van der Waals surface area contributed by atoms with Crippen molar-refractivity contribution in [1.82, 2.24) is 9.97 Å². The lowest BCUT2D eigenvalue weighted by Gasteiger charge is -2.02. The normalized spacial score (nSPS) is 11.3. The Morgan fingerprint density at radius 1 is 1.18 bits per heavy atom. The number of hydrogen-bond acceptors (Lipinski definition) is 4. The van der Waals surface area contributed by atoms with Crippen LogP contribution >= 0.6 is 11.3 Å². The van der Waals surface area contributed by atoms with Crippen LogP contribution in [0.25, 0.3) is 31.7 Å². The second-order valence-corrected chi connectivity index (χ2v) is 5.85. The van der Waals surface area contributed by atoms with Gasteiger partial charge in [-0.25, -0.2) is 9.37 Å². The maximum absolute atomic E-state index is 13.9. The molecule has 0 aliphatic heterocycles. The number of fused-ring (bicyclic) bond motifs is 3. The Morgan fingerprint density at radius 2 is 2.00 bits per heavy atom. The maximum atomic E-state index is 13.9. The van der Waals surface area contributed by atoms with Gasteiger partial charge in [-0.15, -0.1) is 11.3 Å². The molecule has 0 saturated carbocycles. The second-order valence-electron chi connectivity index (χ2n) is 4.85. The van der Waals surface area contributed by atoms with E-state index in [1.807, 2.05) is 0 Å². The Hall–Kier alpha value is -2.73. The fourth-order valence-electron chi connectivity index (χ4n) is 2.45. The van der Waals surface area contributed by atoms with Gasteiger partial charge in [0, 0.05) is 17.0 Å². The molecule has 108 valence electrons. The fraction of sp³-hybridized carbons (Fsp3) is 0.